The second kappa shape index (κ2) is 18.6. The summed E-state index contributed by atoms with van der Waals surface area (Å²) in [6.07, 6.45) is 0. The molecule has 17 heteroatoms. The van der Waals surface area contributed by atoms with Gasteiger partial charge in [-0.3, -0.25) is 57.4 Å². The number of aryl methyl sites for hydroxylation is 2. The highest BCUT2D eigenvalue weighted by Gasteiger charge is 2.38. The minimum Gasteiger partial charge on any atom is -0.457 e. The summed E-state index contributed by atoms with van der Waals surface area (Å²) in [5, 5.41) is 1.30. The average Bonchev–Trinajstić information content (AvgIpc) is 4.25. The summed E-state index contributed by atoms with van der Waals surface area (Å²) in [4.78, 5) is 131. The molecule has 0 spiro atoms. The van der Waals surface area contributed by atoms with E-state index in [9.17, 15) is 47.9 Å². The highest BCUT2D eigenvalue weighted by molar-refractivity contribution is 7.24. The number of amides is 4. The molecule has 0 aliphatic carbocycles. The molecule has 13 rings (SSSR count). The Labute approximate surface area is 449 Å². The molecule has 0 saturated carbocycles. The molecule has 384 valence electrons. The highest BCUT2D eigenvalue weighted by Crippen LogP contribution is 2.34. The van der Waals surface area contributed by atoms with E-state index in [1.807, 2.05) is 62.4 Å². The van der Waals surface area contributed by atoms with E-state index in [1.165, 1.54) is 74.0 Å². The van der Waals surface area contributed by atoms with E-state index in [0.717, 1.165) is 30.1 Å². The molecule has 0 fully saturated rings. The third-order valence-electron chi connectivity index (χ3n) is 14.1. The Morgan fingerprint density at radius 3 is 1.27 bits per heavy atom. The minimum atomic E-state index is -0.548. The van der Waals surface area contributed by atoms with Gasteiger partial charge in [0.15, 0.2) is 11.2 Å². The summed E-state index contributed by atoms with van der Waals surface area (Å²) in [5.74, 6) is 0.0420. The van der Waals surface area contributed by atoms with Crippen LogP contribution in [0.2, 0.25) is 0 Å². The van der Waals surface area contributed by atoms with E-state index in [2.05, 4.69) is 0 Å². The standard InChI is InChI=1S/C31H18N2O6S.C31H20N2O6/c1-15-3-7-17(8-4-15)39-18-9-5-16(6-10-18)33-30(37)20-12-24-26(14-22(20)31(33)38)40-25-13-21-19(11-23(25)27(24)34)28(35)32(2)29(21)36;1-17-3-9-21(10-4-17)39-22-11-7-20(8-12-22)33-30(37)24-14-6-19(16-26(24)31(33)38)27(34)18-5-13-23-25(15-18)29(36)32(2)28(23)35/h3-14H,1-2H3;3-16H,1-2H3. The first-order valence-corrected chi connectivity index (χ1v) is 25.3. The number of ether oxygens (including phenoxy) is 2. The summed E-state index contributed by atoms with van der Waals surface area (Å²) >= 11 is 1.23. The summed E-state index contributed by atoms with van der Waals surface area (Å²) in [5.41, 5.74) is 1.74. The summed E-state index contributed by atoms with van der Waals surface area (Å²) in [6.45, 7) is 3.97. The first-order valence-electron chi connectivity index (χ1n) is 24.5. The molecular weight excluding hydrogens is 1020 g/mol. The molecule has 0 radical (unpaired) electrons. The summed E-state index contributed by atoms with van der Waals surface area (Å²) in [7, 11) is 2.77. The number of nitrogens with zero attached hydrogens (tertiary/aromatic N) is 4. The Morgan fingerprint density at radius 2 is 0.772 bits per heavy atom. The fourth-order valence-electron chi connectivity index (χ4n) is 9.77. The number of hydrogen-bond donors (Lipinski definition) is 0. The van der Waals surface area contributed by atoms with Gasteiger partial charge in [-0.15, -0.1) is 11.3 Å². The van der Waals surface area contributed by atoms with E-state index in [0.29, 0.717) is 43.8 Å². The SMILES string of the molecule is Cc1ccc(Oc2ccc(-n3c(=O)c4cc5sc6cc7c(=O)n(C)c(=O)c7cc6c(=O)c5cc4c3=O)cc2)cc1.Cc1ccc(Oc2ccc(N3C(=O)c4ccc(C(=O)c5ccc6c(c5)C(=O)N(C)C6=O)cc4C3=O)cc2)cc1. The van der Waals surface area contributed by atoms with Gasteiger partial charge < -0.3 is 9.47 Å². The van der Waals surface area contributed by atoms with Crippen molar-refractivity contribution in [3.8, 4) is 28.7 Å². The van der Waals surface area contributed by atoms with Crippen molar-refractivity contribution in [3.05, 3.63) is 254 Å². The smallest absolute Gasteiger partial charge is 0.266 e. The monoisotopic (exact) mass is 1060 g/mol. The first kappa shape index (κ1) is 49.4. The quantitative estimate of drug-likeness (QED) is 0.0793. The van der Waals surface area contributed by atoms with Gasteiger partial charge in [0.2, 0.25) is 0 Å². The van der Waals surface area contributed by atoms with Crippen LogP contribution in [0.1, 0.15) is 68.5 Å². The van der Waals surface area contributed by atoms with E-state index in [-0.39, 0.29) is 71.1 Å². The number of carbonyl (C=O) groups is 5. The molecule has 2 aliphatic rings. The lowest BCUT2D eigenvalue weighted by Crippen LogP contribution is -2.29. The van der Waals surface area contributed by atoms with Crippen LogP contribution < -0.4 is 42.0 Å². The van der Waals surface area contributed by atoms with Crippen LogP contribution in [-0.2, 0) is 7.05 Å². The number of anilines is 1. The maximum absolute atomic E-state index is 13.5. The number of carbonyl (C=O) groups excluding carboxylic acids is 5. The van der Waals surface area contributed by atoms with Crippen molar-refractivity contribution in [3.63, 3.8) is 0 Å². The number of fused-ring (bicyclic) bond motifs is 6. The topological polar surface area (TPSA) is 205 Å². The molecule has 0 atom stereocenters. The Hall–Kier alpha value is -10.5. The fourth-order valence-corrected chi connectivity index (χ4v) is 10.9. The number of hydrogen-bond acceptors (Lipinski definition) is 13. The molecule has 3 aromatic heterocycles. The third kappa shape index (κ3) is 8.23. The number of rotatable bonds is 8. The molecule has 8 aromatic carbocycles. The Kier molecular flexibility index (Phi) is 11.6. The van der Waals surface area contributed by atoms with Crippen molar-refractivity contribution < 1.29 is 33.4 Å². The van der Waals surface area contributed by atoms with E-state index in [1.54, 1.807) is 60.7 Å². The zero-order valence-corrected chi connectivity index (χ0v) is 42.9. The first-order chi connectivity index (χ1) is 37.9. The zero-order chi connectivity index (χ0) is 55.3. The number of imide groups is 2. The Balaban J connectivity index is 0.000000158. The normalized spacial score (nSPS) is 12.9. The molecule has 0 unspecified atom stereocenters. The number of benzene rings is 8. The van der Waals surface area contributed by atoms with Crippen LogP contribution in [0, 0.1) is 13.8 Å². The van der Waals surface area contributed by atoms with Crippen LogP contribution in [0.3, 0.4) is 0 Å². The van der Waals surface area contributed by atoms with Gasteiger partial charge in [0, 0.05) is 45.4 Å². The van der Waals surface area contributed by atoms with Gasteiger partial charge in [-0.2, -0.15) is 0 Å². The van der Waals surface area contributed by atoms with Gasteiger partial charge in [0.05, 0.1) is 55.2 Å². The average molecular weight is 1060 g/mol. The fraction of sp³-hybridized carbons (Fsp3) is 0.0645. The van der Waals surface area contributed by atoms with Crippen molar-refractivity contribution in [2.75, 3.05) is 11.9 Å². The molecule has 0 saturated heterocycles. The van der Waals surface area contributed by atoms with E-state index >= 15 is 0 Å². The molecule has 79 heavy (non-hydrogen) atoms. The van der Waals surface area contributed by atoms with Crippen LogP contribution in [-0.4, -0.2) is 50.5 Å². The van der Waals surface area contributed by atoms with Crippen molar-refractivity contribution in [1.82, 2.24) is 14.0 Å². The predicted octanol–water partition coefficient (Wildman–Crippen LogP) is 9.31. The molecule has 4 amide bonds. The van der Waals surface area contributed by atoms with Crippen molar-refractivity contribution in [1.29, 1.82) is 0 Å². The second-order valence-electron chi connectivity index (χ2n) is 19.1. The molecule has 11 aromatic rings. The number of ketones is 1. The maximum atomic E-state index is 13.5. The van der Waals surface area contributed by atoms with Gasteiger partial charge >= 0.3 is 0 Å². The van der Waals surface area contributed by atoms with Crippen molar-refractivity contribution >= 4 is 88.2 Å². The lowest BCUT2D eigenvalue weighted by atomic mass is 9.96. The van der Waals surface area contributed by atoms with Crippen LogP contribution in [0.25, 0.3) is 47.4 Å². The van der Waals surface area contributed by atoms with Gasteiger partial charge in [0.1, 0.15) is 23.0 Å². The van der Waals surface area contributed by atoms with Crippen molar-refractivity contribution in [2.24, 2.45) is 7.05 Å². The summed E-state index contributed by atoms with van der Waals surface area (Å²) < 4.78 is 14.8. The van der Waals surface area contributed by atoms with E-state index < -0.39 is 51.6 Å². The Morgan fingerprint density at radius 1 is 0.392 bits per heavy atom. The second-order valence-corrected chi connectivity index (χ2v) is 20.2. The van der Waals surface area contributed by atoms with Crippen molar-refractivity contribution in [2.45, 2.75) is 13.8 Å². The highest BCUT2D eigenvalue weighted by atomic mass is 32.1. The van der Waals surface area contributed by atoms with Gasteiger partial charge in [-0.05, 0) is 135 Å². The summed E-state index contributed by atoms with van der Waals surface area (Å²) in [6, 6.07) is 43.0. The number of aromatic nitrogens is 2. The predicted molar refractivity (Wildman–Crippen MR) is 299 cm³/mol. The molecule has 2 aliphatic heterocycles. The third-order valence-corrected chi connectivity index (χ3v) is 15.2. The molecule has 5 heterocycles. The van der Waals surface area contributed by atoms with Crippen LogP contribution >= 0.6 is 11.3 Å². The van der Waals surface area contributed by atoms with Gasteiger partial charge in [-0.25, -0.2) is 9.47 Å². The molecule has 0 N–H and O–H groups in total. The largest absolute Gasteiger partial charge is 0.457 e. The molecular formula is C62H38N4O12S. The van der Waals surface area contributed by atoms with Gasteiger partial charge in [-0.1, -0.05) is 47.5 Å². The van der Waals surface area contributed by atoms with Crippen LogP contribution in [0.4, 0.5) is 5.69 Å². The van der Waals surface area contributed by atoms with Crippen LogP contribution in [0.15, 0.2) is 182 Å². The Bertz CT molecular complexity index is 4800. The lowest BCUT2D eigenvalue weighted by molar-refractivity contribution is 0.0692. The molecule has 16 nitrogen and oxygen atoms in total. The zero-order valence-electron chi connectivity index (χ0n) is 42.1. The van der Waals surface area contributed by atoms with Crippen LogP contribution in [0.5, 0.6) is 23.0 Å². The lowest BCUT2D eigenvalue weighted by Gasteiger charge is -2.14. The van der Waals surface area contributed by atoms with Gasteiger partial charge in [0.25, 0.3) is 45.9 Å². The molecule has 0 bridgehead atoms. The van der Waals surface area contributed by atoms with E-state index in [4.69, 9.17) is 9.47 Å². The maximum Gasteiger partial charge on any atom is 0.266 e. The minimum absolute atomic E-state index is 0.109.